The molecule has 0 fully saturated rings. The van der Waals surface area contributed by atoms with E-state index in [1.54, 1.807) is 11.8 Å². The molecule has 0 saturated heterocycles. The predicted octanol–water partition coefficient (Wildman–Crippen LogP) is 2.13. The number of aliphatic hydroxyl groups excluding tert-OH is 1. The number of aliphatic hydroxyl groups is 1. The maximum atomic E-state index is 8.99. The lowest BCUT2D eigenvalue weighted by Gasteiger charge is -2.15. The van der Waals surface area contributed by atoms with E-state index in [9.17, 15) is 0 Å². The van der Waals surface area contributed by atoms with Gasteiger partial charge in [0.05, 0.1) is 5.69 Å². The van der Waals surface area contributed by atoms with Gasteiger partial charge >= 0.3 is 0 Å². The van der Waals surface area contributed by atoms with Gasteiger partial charge in [0.15, 0.2) is 0 Å². The molecular weight excluding hydrogens is 236 g/mol. The Morgan fingerprint density at radius 2 is 2.24 bits per heavy atom. The van der Waals surface area contributed by atoms with Crippen molar-refractivity contribution in [2.24, 2.45) is 0 Å². The van der Waals surface area contributed by atoms with Gasteiger partial charge in [0.2, 0.25) is 0 Å². The maximum absolute atomic E-state index is 8.99. The molecule has 0 bridgehead atoms. The van der Waals surface area contributed by atoms with Crippen molar-refractivity contribution in [2.45, 2.75) is 44.9 Å². The Kier molecular flexibility index (Phi) is 6.62. The van der Waals surface area contributed by atoms with Crippen LogP contribution in [0.3, 0.4) is 0 Å². The molecule has 0 saturated carbocycles. The number of aryl methyl sites for hydroxylation is 2. The number of hydrogen-bond donors (Lipinski definition) is 2. The van der Waals surface area contributed by atoms with Gasteiger partial charge in [0.25, 0.3) is 5.22 Å². The van der Waals surface area contributed by atoms with Crippen molar-refractivity contribution >= 4 is 11.8 Å². The predicted molar refractivity (Wildman–Crippen MR) is 70.5 cm³/mol. The number of thioether (sulfide) groups is 1. The number of aromatic nitrogens is 1. The molecule has 1 heterocycles. The first-order valence-electron chi connectivity index (χ1n) is 6.08. The first-order valence-corrected chi connectivity index (χ1v) is 7.07. The van der Waals surface area contributed by atoms with Crippen molar-refractivity contribution in [3.63, 3.8) is 0 Å². The molecule has 0 radical (unpaired) electrons. The van der Waals surface area contributed by atoms with Crippen LogP contribution in [0.1, 0.15) is 31.2 Å². The van der Waals surface area contributed by atoms with Crippen LogP contribution in [0.25, 0.3) is 0 Å². The minimum Gasteiger partial charge on any atom is -0.437 e. The number of nitrogens with one attached hydrogen (secondary N) is 1. The second-order valence-electron chi connectivity index (χ2n) is 4.10. The summed E-state index contributed by atoms with van der Waals surface area (Å²) in [5, 5.41) is 13.1. The third-order valence-electron chi connectivity index (χ3n) is 2.58. The molecule has 5 heteroatoms. The molecule has 1 aromatic heterocycles. The van der Waals surface area contributed by atoms with E-state index in [1.807, 2.05) is 13.8 Å². The highest BCUT2D eigenvalue weighted by molar-refractivity contribution is 7.99. The molecule has 0 aliphatic heterocycles. The molecular formula is C12H22N2O2S. The lowest BCUT2D eigenvalue weighted by Crippen LogP contribution is -2.32. The molecule has 0 aromatic carbocycles. The van der Waals surface area contributed by atoms with Gasteiger partial charge in [-0.05, 0) is 33.2 Å². The molecule has 1 aromatic rings. The normalized spacial score (nSPS) is 12.9. The third kappa shape index (κ3) is 5.10. The zero-order valence-corrected chi connectivity index (χ0v) is 11.6. The summed E-state index contributed by atoms with van der Waals surface area (Å²) in [6.07, 6.45) is 1.87. The zero-order valence-electron chi connectivity index (χ0n) is 10.8. The smallest absolute Gasteiger partial charge is 0.256 e. The Bertz CT molecular complexity index is 309. The van der Waals surface area contributed by atoms with E-state index in [2.05, 4.69) is 17.2 Å². The summed E-state index contributed by atoms with van der Waals surface area (Å²) in [5.74, 6) is 1.76. The molecule has 17 heavy (non-hydrogen) atoms. The topological polar surface area (TPSA) is 58.3 Å². The van der Waals surface area contributed by atoms with Gasteiger partial charge in [0, 0.05) is 18.4 Å². The Balaban J connectivity index is 2.39. The van der Waals surface area contributed by atoms with Gasteiger partial charge in [-0.1, -0.05) is 18.7 Å². The summed E-state index contributed by atoms with van der Waals surface area (Å²) in [7, 11) is 0. The average molecular weight is 258 g/mol. The minimum absolute atomic E-state index is 0.214. The van der Waals surface area contributed by atoms with E-state index in [0.717, 1.165) is 41.8 Å². The van der Waals surface area contributed by atoms with Crippen molar-refractivity contribution in [1.82, 2.24) is 10.3 Å². The van der Waals surface area contributed by atoms with E-state index in [4.69, 9.17) is 9.52 Å². The monoisotopic (exact) mass is 258 g/mol. The Hall–Kier alpha value is -0.520. The molecule has 0 aliphatic carbocycles. The van der Waals surface area contributed by atoms with Crippen LogP contribution in [-0.2, 0) is 0 Å². The molecule has 0 aliphatic rings. The van der Waals surface area contributed by atoms with Gasteiger partial charge in [-0.25, -0.2) is 4.98 Å². The standard InChI is InChI=1S/C12H22N2O2S/c1-4-6-13-11(5-7-15)8-17-12-14-9(2)10(3)16-12/h11,13,15H,4-8H2,1-3H3. The fourth-order valence-electron chi connectivity index (χ4n) is 1.43. The molecule has 1 atom stereocenters. The summed E-state index contributed by atoms with van der Waals surface area (Å²) < 4.78 is 5.51. The summed E-state index contributed by atoms with van der Waals surface area (Å²) in [4.78, 5) is 4.33. The van der Waals surface area contributed by atoms with E-state index >= 15 is 0 Å². The number of oxazole rings is 1. The van der Waals surface area contributed by atoms with E-state index in [0.29, 0.717) is 6.04 Å². The first-order chi connectivity index (χ1) is 8.17. The van der Waals surface area contributed by atoms with Crippen molar-refractivity contribution in [3.05, 3.63) is 11.5 Å². The molecule has 0 amide bonds. The third-order valence-corrected chi connectivity index (χ3v) is 3.57. The van der Waals surface area contributed by atoms with Gasteiger partial charge in [0.1, 0.15) is 5.76 Å². The highest BCUT2D eigenvalue weighted by Crippen LogP contribution is 2.21. The van der Waals surface area contributed by atoms with Crippen LogP contribution >= 0.6 is 11.8 Å². The second kappa shape index (κ2) is 7.74. The van der Waals surface area contributed by atoms with Crippen LogP contribution < -0.4 is 5.32 Å². The molecule has 1 unspecified atom stereocenters. The SMILES string of the molecule is CCCNC(CCO)CSc1nc(C)c(C)o1. The van der Waals surface area contributed by atoms with Crippen LogP contribution in [0, 0.1) is 13.8 Å². The molecule has 4 nitrogen and oxygen atoms in total. The van der Waals surface area contributed by atoms with Gasteiger partial charge < -0.3 is 14.8 Å². The van der Waals surface area contributed by atoms with Crippen LogP contribution in [0.2, 0.25) is 0 Å². The largest absolute Gasteiger partial charge is 0.437 e. The maximum Gasteiger partial charge on any atom is 0.256 e. The lowest BCUT2D eigenvalue weighted by molar-refractivity contribution is 0.270. The fourth-order valence-corrected chi connectivity index (χ4v) is 2.44. The van der Waals surface area contributed by atoms with Gasteiger partial charge in [-0.2, -0.15) is 0 Å². The summed E-state index contributed by atoms with van der Waals surface area (Å²) in [6, 6.07) is 0.317. The first kappa shape index (κ1) is 14.5. The molecule has 2 N–H and O–H groups in total. The van der Waals surface area contributed by atoms with E-state index in [1.165, 1.54) is 0 Å². The summed E-state index contributed by atoms with van der Waals surface area (Å²) in [6.45, 7) is 7.20. The number of hydrogen-bond acceptors (Lipinski definition) is 5. The summed E-state index contributed by atoms with van der Waals surface area (Å²) in [5.41, 5.74) is 0.952. The molecule has 0 spiro atoms. The molecule has 1 rings (SSSR count). The van der Waals surface area contributed by atoms with Crippen molar-refractivity contribution in [1.29, 1.82) is 0 Å². The summed E-state index contributed by atoms with van der Waals surface area (Å²) >= 11 is 1.60. The Morgan fingerprint density at radius 1 is 1.47 bits per heavy atom. The number of rotatable bonds is 8. The van der Waals surface area contributed by atoms with E-state index < -0.39 is 0 Å². The fraction of sp³-hybridized carbons (Fsp3) is 0.750. The highest BCUT2D eigenvalue weighted by atomic mass is 32.2. The average Bonchev–Trinajstić information content (AvgIpc) is 2.62. The van der Waals surface area contributed by atoms with E-state index in [-0.39, 0.29) is 6.61 Å². The van der Waals surface area contributed by atoms with Crippen LogP contribution in [0.15, 0.2) is 9.64 Å². The van der Waals surface area contributed by atoms with Gasteiger partial charge in [-0.15, -0.1) is 0 Å². The Labute approximate surface area is 107 Å². The zero-order chi connectivity index (χ0) is 12.7. The van der Waals surface area contributed by atoms with Gasteiger partial charge in [-0.3, -0.25) is 0 Å². The van der Waals surface area contributed by atoms with Crippen molar-refractivity contribution < 1.29 is 9.52 Å². The van der Waals surface area contributed by atoms with Crippen molar-refractivity contribution in [2.75, 3.05) is 18.9 Å². The second-order valence-corrected chi connectivity index (χ2v) is 5.07. The van der Waals surface area contributed by atoms with Crippen molar-refractivity contribution in [3.8, 4) is 0 Å². The highest BCUT2D eigenvalue weighted by Gasteiger charge is 2.11. The van der Waals surface area contributed by atoms with Crippen LogP contribution in [0.5, 0.6) is 0 Å². The quantitative estimate of drug-likeness (QED) is 0.700. The number of nitrogens with zero attached hydrogens (tertiary/aromatic N) is 1. The molecule has 98 valence electrons. The minimum atomic E-state index is 0.214. The van der Waals surface area contributed by atoms with Crippen LogP contribution in [0.4, 0.5) is 0 Å². The Morgan fingerprint density at radius 3 is 2.76 bits per heavy atom. The lowest BCUT2D eigenvalue weighted by atomic mass is 10.2. The van der Waals surface area contributed by atoms with Crippen LogP contribution in [-0.4, -0.2) is 35.0 Å².